The molecule has 1 aliphatic rings. The molecule has 1 aliphatic carbocycles. The summed E-state index contributed by atoms with van der Waals surface area (Å²) in [5.41, 5.74) is 1.54. The van der Waals surface area contributed by atoms with Gasteiger partial charge in [0.15, 0.2) is 0 Å². The molecule has 1 aromatic carbocycles. The highest BCUT2D eigenvalue weighted by molar-refractivity contribution is 7.90. The van der Waals surface area contributed by atoms with E-state index in [1.165, 1.54) is 5.48 Å². The van der Waals surface area contributed by atoms with Crippen LogP contribution in [-0.2, 0) is 24.8 Å². The van der Waals surface area contributed by atoms with Crippen molar-refractivity contribution in [2.45, 2.75) is 30.7 Å². The first-order valence-corrected chi connectivity index (χ1v) is 9.85. The molecule has 1 saturated carbocycles. The summed E-state index contributed by atoms with van der Waals surface area (Å²) in [7, 11) is -1.75. The number of amides is 2. The largest absolute Gasteiger partial charge is 0.497 e. The van der Waals surface area contributed by atoms with Gasteiger partial charge in [-0.3, -0.25) is 14.8 Å². The normalized spacial score (nSPS) is 16.6. The minimum Gasteiger partial charge on any atom is -0.497 e. The van der Waals surface area contributed by atoms with Gasteiger partial charge in [0, 0.05) is 6.26 Å². The molecule has 2 amide bonds. The van der Waals surface area contributed by atoms with Crippen LogP contribution in [0.25, 0.3) is 0 Å². The van der Waals surface area contributed by atoms with Gasteiger partial charge in [-0.2, -0.15) is 0 Å². The number of hydroxylamine groups is 1. The van der Waals surface area contributed by atoms with E-state index in [1.807, 2.05) is 0 Å². The van der Waals surface area contributed by atoms with E-state index >= 15 is 0 Å². The van der Waals surface area contributed by atoms with Crippen LogP contribution < -0.4 is 15.5 Å². The first-order valence-electron chi connectivity index (χ1n) is 7.79. The monoisotopic (exact) mass is 370 g/mol. The number of rotatable bonds is 8. The lowest BCUT2D eigenvalue weighted by Gasteiger charge is -2.21. The molecule has 9 heteroatoms. The first-order chi connectivity index (χ1) is 11.7. The number of nitrogens with one attached hydrogen (secondary N) is 2. The van der Waals surface area contributed by atoms with Gasteiger partial charge >= 0.3 is 0 Å². The Morgan fingerprint density at radius 3 is 2.32 bits per heavy atom. The summed E-state index contributed by atoms with van der Waals surface area (Å²) in [5.74, 6) is -0.811. The van der Waals surface area contributed by atoms with E-state index in [9.17, 15) is 18.0 Å². The second kappa shape index (κ2) is 7.40. The molecule has 8 nitrogen and oxygen atoms in total. The highest BCUT2D eigenvalue weighted by atomic mass is 32.2. The summed E-state index contributed by atoms with van der Waals surface area (Å²) in [6.07, 6.45) is 2.19. The zero-order chi connectivity index (χ0) is 18.7. The zero-order valence-corrected chi connectivity index (χ0v) is 14.9. The van der Waals surface area contributed by atoms with Crippen molar-refractivity contribution in [2.75, 3.05) is 19.1 Å². The lowest BCUT2D eigenvalue weighted by molar-refractivity contribution is -0.135. The quantitative estimate of drug-likeness (QED) is 0.442. The second-order valence-electron chi connectivity index (χ2n) is 6.23. The van der Waals surface area contributed by atoms with Crippen molar-refractivity contribution >= 4 is 21.7 Å². The summed E-state index contributed by atoms with van der Waals surface area (Å²) < 4.78 is 27.7. The fourth-order valence-electron chi connectivity index (χ4n) is 2.66. The van der Waals surface area contributed by atoms with Gasteiger partial charge in [-0.25, -0.2) is 13.9 Å². The summed E-state index contributed by atoms with van der Waals surface area (Å²) in [5, 5.41) is 11.4. The van der Waals surface area contributed by atoms with E-state index in [1.54, 1.807) is 31.4 Å². The van der Waals surface area contributed by atoms with Crippen LogP contribution in [0, 0.1) is 0 Å². The maximum atomic E-state index is 12.7. The highest BCUT2D eigenvalue weighted by Crippen LogP contribution is 2.48. The number of ether oxygens (including phenoxy) is 1. The van der Waals surface area contributed by atoms with Gasteiger partial charge in [-0.05, 0) is 37.0 Å². The first kappa shape index (κ1) is 19.2. The Morgan fingerprint density at radius 2 is 1.88 bits per heavy atom. The van der Waals surface area contributed by atoms with Crippen LogP contribution in [0.5, 0.6) is 5.75 Å². The van der Waals surface area contributed by atoms with Crippen LogP contribution >= 0.6 is 0 Å². The topological polar surface area (TPSA) is 122 Å². The van der Waals surface area contributed by atoms with E-state index < -0.39 is 27.2 Å². The van der Waals surface area contributed by atoms with Crippen molar-refractivity contribution in [1.82, 2.24) is 10.8 Å². The third-order valence-corrected chi connectivity index (χ3v) is 5.31. The molecular weight excluding hydrogens is 348 g/mol. The Balaban J connectivity index is 2.12. The van der Waals surface area contributed by atoms with Crippen molar-refractivity contribution in [2.24, 2.45) is 0 Å². The SMILES string of the molecule is COc1ccc(C2(C(=O)N[C@H](CCS(C)(=O)=O)C(=O)NO)CC2)cc1. The third-order valence-electron chi connectivity index (χ3n) is 4.34. The number of hydrogen-bond acceptors (Lipinski definition) is 6. The van der Waals surface area contributed by atoms with Gasteiger partial charge in [-0.15, -0.1) is 0 Å². The molecule has 0 aromatic heterocycles. The number of methoxy groups -OCH3 is 1. The molecule has 1 aromatic rings. The Kier molecular flexibility index (Phi) is 5.69. The molecule has 0 aliphatic heterocycles. The summed E-state index contributed by atoms with van der Waals surface area (Å²) >= 11 is 0. The van der Waals surface area contributed by atoms with Gasteiger partial charge in [0.2, 0.25) is 5.91 Å². The van der Waals surface area contributed by atoms with Gasteiger partial charge in [0.25, 0.3) is 5.91 Å². The van der Waals surface area contributed by atoms with Crippen molar-refractivity contribution < 1.29 is 28.0 Å². The van der Waals surface area contributed by atoms with Crippen molar-refractivity contribution in [3.8, 4) is 5.75 Å². The maximum absolute atomic E-state index is 12.7. The molecule has 3 N–H and O–H groups in total. The number of benzene rings is 1. The Hall–Kier alpha value is -2.13. The third kappa shape index (κ3) is 4.70. The van der Waals surface area contributed by atoms with E-state index in [0.717, 1.165) is 11.8 Å². The molecule has 0 unspecified atom stereocenters. The lowest BCUT2D eigenvalue weighted by Crippen LogP contribution is -2.49. The minimum absolute atomic E-state index is 0.115. The number of carbonyl (C=O) groups is 2. The van der Waals surface area contributed by atoms with E-state index in [0.29, 0.717) is 18.6 Å². The van der Waals surface area contributed by atoms with Crippen molar-refractivity contribution in [3.63, 3.8) is 0 Å². The molecule has 0 spiro atoms. The molecule has 0 radical (unpaired) electrons. The highest BCUT2D eigenvalue weighted by Gasteiger charge is 2.51. The van der Waals surface area contributed by atoms with Gasteiger partial charge in [0.05, 0.1) is 18.3 Å². The molecule has 25 heavy (non-hydrogen) atoms. The van der Waals surface area contributed by atoms with E-state index in [-0.39, 0.29) is 18.1 Å². The Labute approximate surface area is 146 Å². The molecule has 1 fully saturated rings. The average molecular weight is 370 g/mol. The molecule has 0 heterocycles. The molecule has 0 saturated heterocycles. The van der Waals surface area contributed by atoms with E-state index in [2.05, 4.69) is 5.32 Å². The fraction of sp³-hybridized carbons (Fsp3) is 0.500. The zero-order valence-electron chi connectivity index (χ0n) is 14.1. The van der Waals surface area contributed by atoms with Crippen LogP contribution in [-0.4, -0.2) is 50.6 Å². The fourth-order valence-corrected chi connectivity index (χ4v) is 3.32. The van der Waals surface area contributed by atoms with Crippen LogP contribution in [0.15, 0.2) is 24.3 Å². The molecule has 1 atom stereocenters. The molecule has 0 bridgehead atoms. The van der Waals surface area contributed by atoms with Gasteiger partial charge in [0.1, 0.15) is 21.6 Å². The van der Waals surface area contributed by atoms with Crippen LogP contribution in [0.4, 0.5) is 0 Å². The van der Waals surface area contributed by atoms with E-state index in [4.69, 9.17) is 9.94 Å². The van der Waals surface area contributed by atoms with Gasteiger partial charge < -0.3 is 10.1 Å². The number of hydrogen-bond donors (Lipinski definition) is 3. The number of carbonyl (C=O) groups excluding carboxylic acids is 2. The second-order valence-corrected chi connectivity index (χ2v) is 8.49. The standard InChI is InChI=1S/C16H22N2O6S/c1-24-12-5-3-11(4-6-12)16(8-9-16)15(20)17-13(14(19)18-21)7-10-25(2,22)23/h3-6,13,21H,7-10H2,1-2H3,(H,17,20)(H,18,19)/t13-/m1/s1. The minimum atomic E-state index is -3.30. The van der Waals surface area contributed by atoms with Crippen LogP contribution in [0.3, 0.4) is 0 Å². The van der Waals surface area contributed by atoms with Crippen LogP contribution in [0.2, 0.25) is 0 Å². The summed E-state index contributed by atoms with van der Waals surface area (Å²) in [4.78, 5) is 24.4. The Morgan fingerprint density at radius 1 is 1.28 bits per heavy atom. The molecule has 2 rings (SSSR count). The maximum Gasteiger partial charge on any atom is 0.265 e. The predicted molar refractivity (Wildman–Crippen MR) is 90.1 cm³/mol. The lowest BCUT2D eigenvalue weighted by atomic mass is 9.94. The summed E-state index contributed by atoms with van der Waals surface area (Å²) in [6.45, 7) is 0. The van der Waals surface area contributed by atoms with Gasteiger partial charge in [-0.1, -0.05) is 12.1 Å². The smallest absolute Gasteiger partial charge is 0.265 e. The van der Waals surface area contributed by atoms with Crippen LogP contribution in [0.1, 0.15) is 24.8 Å². The molecule has 138 valence electrons. The average Bonchev–Trinajstić information content (AvgIpc) is 3.39. The molecular formula is C16H22N2O6S. The number of sulfone groups is 1. The van der Waals surface area contributed by atoms with Crippen molar-refractivity contribution in [3.05, 3.63) is 29.8 Å². The predicted octanol–water partition coefficient (Wildman–Crippen LogP) is 0.152. The summed E-state index contributed by atoms with van der Waals surface area (Å²) in [6, 6.07) is 5.98. The van der Waals surface area contributed by atoms with Crippen molar-refractivity contribution in [1.29, 1.82) is 0 Å². The Bertz CT molecular complexity index is 740.